The summed E-state index contributed by atoms with van der Waals surface area (Å²) in [5, 5.41) is 9.65. The first-order chi connectivity index (χ1) is 13.6. The van der Waals surface area contributed by atoms with Gasteiger partial charge in [0, 0.05) is 25.7 Å². The van der Waals surface area contributed by atoms with Crippen molar-refractivity contribution in [2.75, 3.05) is 6.79 Å². The van der Waals surface area contributed by atoms with Crippen molar-refractivity contribution in [2.45, 2.75) is 91.0 Å². The zero-order valence-electron chi connectivity index (χ0n) is 18.2. The fourth-order valence-corrected chi connectivity index (χ4v) is 6.42. The number of carbonyl (C=O) groups excluding carboxylic acids is 2. The van der Waals surface area contributed by atoms with Crippen LogP contribution < -0.4 is 0 Å². The van der Waals surface area contributed by atoms with Gasteiger partial charge < -0.3 is 19.3 Å². The molecule has 0 amide bonds. The number of fused-ring (bicyclic) bond motifs is 1. The lowest BCUT2D eigenvalue weighted by Gasteiger charge is -2.55. The first-order valence-electron chi connectivity index (χ1n) is 10.9. The van der Waals surface area contributed by atoms with Crippen molar-refractivity contribution >= 4 is 11.9 Å². The molecule has 3 saturated carbocycles. The lowest BCUT2D eigenvalue weighted by molar-refractivity contribution is -0.200. The zero-order valence-corrected chi connectivity index (χ0v) is 18.2. The largest absolute Gasteiger partial charge is 0.462 e. The first-order valence-corrected chi connectivity index (χ1v) is 10.9. The van der Waals surface area contributed by atoms with Crippen molar-refractivity contribution < 1.29 is 28.9 Å². The van der Waals surface area contributed by atoms with Gasteiger partial charge in [0.1, 0.15) is 19.0 Å². The Balaban J connectivity index is 1.89. The third-order valence-corrected chi connectivity index (χ3v) is 8.12. The predicted octanol–water partition coefficient (Wildman–Crippen LogP) is 3.76. The topological polar surface area (TPSA) is 82.1 Å². The number of aliphatic hydroxyl groups is 1. The highest BCUT2D eigenvalue weighted by Gasteiger charge is 2.58. The van der Waals surface area contributed by atoms with Crippen LogP contribution in [0.5, 0.6) is 0 Å². The lowest BCUT2D eigenvalue weighted by Crippen LogP contribution is -2.56. The number of ether oxygens (including phenoxy) is 3. The number of hydrogen-bond acceptors (Lipinski definition) is 6. The van der Waals surface area contributed by atoms with Crippen LogP contribution in [0.1, 0.15) is 72.6 Å². The molecule has 1 N–H and O–H groups in total. The van der Waals surface area contributed by atoms with E-state index in [1.54, 1.807) is 0 Å². The average Bonchev–Trinajstić information content (AvgIpc) is 2.93. The number of rotatable bonds is 5. The van der Waals surface area contributed by atoms with Crippen LogP contribution in [-0.2, 0) is 23.8 Å². The maximum atomic E-state index is 11.9. The molecule has 0 radical (unpaired) electrons. The van der Waals surface area contributed by atoms with E-state index in [-0.39, 0.29) is 53.8 Å². The van der Waals surface area contributed by atoms with E-state index in [9.17, 15) is 14.7 Å². The minimum atomic E-state index is -0.346. The van der Waals surface area contributed by atoms with E-state index in [0.717, 1.165) is 38.5 Å². The minimum absolute atomic E-state index is 0.0402. The van der Waals surface area contributed by atoms with Crippen molar-refractivity contribution in [1.82, 2.24) is 0 Å². The molecule has 7 atom stereocenters. The molecule has 29 heavy (non-hydrogen) atoms. The normalized spacial score (nSPS) is 42.2. The predicted molar refractivity (Wildman–Crippen MR) is 108 cm³/mol. The molecule has 0 saturated heterocycles. The number of carbonyl (C=O) groups is 2. The smallest absolute Gasteiger partial charge is 0.302 e. The molecule has 3 fully saturated rings. The fraction of sp³-hybridized carbons (Fsp3) is 0.826. The van der Waals surface area contributed by atoms with Gasteiger partial charge in [0.2, 0.25) is 0 Å². The number of aliphatic hydroxyl groups excluding tert-OH is 1. The highest BCUT2D eigenvalue weighted by atomic mass is 16.6. The van der Waals surface area contributed by atoms with E-state index in [0.29, 0.717) is 12.3 Å². The quantitative estimate of drug-likeness (QED) is 0.424. The summed E-state index contributed by atoms with van der Waals surface area (Å²) in [7, 11) is 0. The average molecular weight is 409 g/mol. The Bertz CT molecular complexity index is 660. The molecule has 3 aliphatic carbocycles. The van der Waals surface area contributed by atoms with Gasteiger partial charge in [0.25, 0.3) is 0 Å². The van der Waals surface area contributed by atoms with Crippen LogP contribution in [0.4, 0.5) is 0 Å². The van der Waals surface area contributed by atoms with Crippen LogP contribution in [0, 0.1) is 22.7 Å². The van der Waals surface area contributed by atoms with Crippen LogP contribution in [-0.4, -0.2) is 42.1 Å². The van der Waals surface area contributed by atoms with Gasteiger partial charge in [0.05, 0.1) is 6.10 Å². The second-order valence-electron chi connectivity index (χ2n) is 9.68. The van der Waals surface area contributed by atoms with Gasteiger partial charge in [0.15, 0.2) is 0 Å². The Morgan fingerprint density at radius 3 is 2.38 bits per heavy atom. The molecule has 164 valence electrons. The second kappa shape index (κ2) is 8.38. The van der Waals surface area contributed by atoms with E-state index < -0.39 is 0 Å². The van der Waals surface area contributed by atoms with Crippen LogP contribution in [0.3, 0.4) is 0 Å². The monoisotopic (exact) mass is 408 g/mol. The van der Waals surface area contributed by atoms with Crippen molar-refractivity contribution in [3.05, 3.63) is 12.2 Å². The van der Waals surface area contributed by atoms with Crippen molar-refractivity contribution in [3.63, 3.8) is 0 Å². The molecular weight excluding hydrogens is 372 g/mol. The third kappa shape index (κ3) is 4.11. The highest BCUT2D eigenvalue weighted by molar-refractivity contribution is 5.66. The van der Waals surface area contributed by atoms with Gasteiger partial charge in [-0.2, -0.15) is 0 Å². The van der Waals surface area contributed by atoms with E-state index in [1.165, 1.54) is 19.4 Å². The molecule has 2 unspecified atom stereocenters. The molecule has 0 aromatic carbocycles. The van der Waals surface area contributed by atoms with Gasteiger partial charge in [-0.25, -0.2) is 0 Å². The Morgan fingerprint density at radius 2 is 1.76 bits per heavy atom. The Kier molecular flexibility index (Phi) is 6.44. The summed E-state index contributed by atoms with van der Waals surface area (Å²) < 4.78 is 17.2. The maximum Gasteiger partial charge on any atom is 0.302 e. The van der Waals surface area contributed by atoms with E-state index in [2.05, 4.69) is 20.4 Å². The van der Waals surface area contributed by atoms with Gasteiger partial charge in [-0.3, -0.25) is 9.59 Å². The van der Waals surface area contributed by atoms with Gasteiger partial charge in [-0.05, 0) is 55.8 Å². The van der Waals surface area contributed by atoms with Crippen LogP contribution in [0.2, 0.25) is 0 Å². The standard InChI is InChI=1S/C23H36O6/c1-14-6-7-18-21(27-13-24)19(9-11-22(14,18)4)23(5)10-8-17(28-15(2)25)12-20(23)29-16(3)26/h17-21,24H,1,6-13H2,2-5H3/t17-,18?,19?,20-,21-,22+,23+/m0/s1. The van der Waals surface area contributed by atoms with Crippen LogP contribution in [0.15, 0.2) is 12.2 Å². The number of allylic oxidation sites excluding steroid dienone is 1. The summed E-state index contributed by atoms with van der Waals surface area (Å²) in [6.45, 7) is 11.3. The molecule has 0 heterocycles. The molecule has 0 aliphatic heterocycles. The van der Waals surface area contributed by atoms with E-state index in [1.807, 2.05) is 0 Å². The first kappa shape index (κ1) is 22.3. The Labute approximate surface area is 174 Å². The summed E-state index contributed by atoms with van der Waals surface area (Å²) >= 11 is 0. The summed E-state index contributed by atoms with van der Waals surface area (Å²) in [5.41, 5.74) is 1.03. The van der Waals surface area contributed by atoms with Gasteiger partial charge in [-0.1, -0.05) is 26.0 Å². The molecule has 0 spiro atoms. The maximum absolute atomic E-state index is 11.9. The van der Waals surface area contributed by atoms with E-state index >= 15 is 0 Å². The number of esters is 2. The van der Waals surface area contributed by atoms with Crippen molar-refractivity contribution in [2.24, 2.45) is 22.7 Å². The lowest BCUT2D eigenvalue weighted by atomic mass is 9.54. The molecular formula is C23H36O6. The zero-order chi connectivity index (χ0) is 21.4. The summed E-state index contributed by atoms with van der Waals surface area (Å²) in [4.78, 5) is 23.3. The molecule has 0 bridgehead atoms. The van der Waals surface area contributed by atoms with Crippen LogP contribution in [0.25, 0.3) is 0 Å². The summed E-state index contributed by atoms with van der Waals surface area (Å²) in [5.74, 6) is -0.165. The molecule has 0 aromatic heterocycles. The fourth-order valence-electron chi connectivity index (χ4n) is 6.42. The van der Waals surface area contributed by atoms with Crippen molar-refractivity contribution in [1.29, 1.82) is 0 Å². The molecule has 0 aromatic rings. The summed E-state index contributed by atoms with van der Waals surface area (Å²) in [6, 6.07) is 0. The van der Waals surface area contributed by atoms with Crippen molar-refractivity contribution in [3.8, 4) is 0 Å². The van der Waals surface area contributed by atoms with Crippen LogP contribution >= 0.6 is 0 Å². The number of hydrogen-bond donors (Lipinski definition) is 1. The SMILES string of the molecule is C=C1CCC2[C@H](OCO)C([C@@]3(C)CC[C@H](OC(C)=O)C[C@@H]3OC(C)=O)CC[C@]12C. The Morgan fingerprint density at radius 1 is 1.07 bits per heavy atom. The molecule has 6 heteroatoms. The molecule has 3 aliphatic rings. The third-order valence-electron chi connectivity index (χ3n) is 8.12. The second-order valence-corrected chi connectivity index (χ2v) is 9.68. The molecule has 3 rings (SSSR count). The van der Waals surface area contributed by atoms with Gasteiger partial charge in [-0.15, -0.1) is 0 Å². The van der Waals surface area contributed by atoms with E-state index in [4.69, 9.17) is 14.2 Å². The highest BCUT2D eigenvalue weighted by Crippen LogP contribution is 2.61. The summed E-state index contributed by atoms with van der Waals surface area (Å²) in [6.07, 6.45) is 5.32. The molecule has 6 nitrogen and oxygen atoms in total. The van der Waals surface area contributed by atoms with Gasteiger partial charge >= 0.3 is 11.9 Å². The Hall–Kier alpha value is -1.40. The minimum Gasteiger partial charge on any atom is -0.462 e.